The molecule has 100 valence electrons. The lowest BCUT2D eigenvalue weighted by Gasteiger charge is -2.25. The Balaban J connectivity index is 2.63. The van der Waals surface area contributed by atoms with E-state index in [9.17, 15) is 4.79 Å². The Bertz CT molecular complexity index is 412. The van der Waals surface area contributed by atoms with Gasteiger partial charge in [0, 0.05) is 25.3 Å². The second-order valence-corrected chi connectivity index (χ2v) is 4.96. The van der Waals surface area contributed by atoms with E-state index in [1.54, 1.807) is 23.1 Å². The van der Waals surface area contributed by atoms with Crippen molar-refractivity contribution in [3.05, 3.63) is 28.6 Å². The second kappa shape index (κ2) is 7.38. The van der Waals surface area contributed by atoms with Crippen molar-refractivity contribution in [2.24, 2.45) is 0 Å². The van der Waals surface area contributed by atoms with Crippen molar-refractivity contribution in [3.63, 3.8) is 0 Å². The van der Waals surface area contributed by atoms with E-state index >= 15 is 0 Å². The lowest BCUT2D eigenvalue weighted by Crippen LogP contribution is -2.36. The summed E-state index contributed by atoms with van der Waals surface area (Å²) in [6.07, 6.45) is 3.72. The van der Waals surface area contributed by atoms with E-state index in [4.69, 9.17) is 9.52 Å². The Hall–Kier alpha value is -1.07. The van der Waals surface area contributed by atoms with Gasteiger partial charge in [0.25, 0.3) is 0 Å². The van der Waals surface area contributed by atoms with Crippen molar-refractivity contribution < 1.29 is 14.3 Å². The van der Waals surface area contributed by atoms with Crippen LogP contribution in [0.3, 0.4) is 0 Å². The number of carbonyl (C=O) groups excluding carboxylic acids is 1. The molecule has 0 atom stereocenters. The molecule has 18 heavy (non-hydrogen) atoms. The van der Waals surface area contributed by atoms with Gasteiger partial charge in [0.15, 0.2) is 4.67 Å². The van der Waals surface area contributed by atoms with E-state index in [-0.39, 0.29) is 18.6 Å². The second-order valence-electron chi connectivity index (χ2n) is 4.18. The number of aliphatic hydroxyl groups is 1. The highest BCUT2D eigenvalue weighted by atomic mass is 79.9. The molecule has 0 aliphatic heterocycles. The minimum absolute atomic E-state index is 0.0778. The van der Waals surface area contributed by atoms with Crippen LogP contribution in [-0.2, 0) is 4.79 Å². The van der Waals surface area contributed by atoms with Gasteiger partial charge in [0.05, 0.1) is 0 Å². The third kappa shape index (κ3) is 4.66. The Kier molecular flexibility index (Phi) is 6.15. The summed E-state index contributed by atoms with van der Waals surface area (Å²) in [5, 5.41) is 8.81. The minimum Gasteiger partial charge on any atom is -0.450 e. The lowest BCUT2D eigenvalue weighted by atomic mass is 10.2. The summed E-state index contributed by atoms with van der Waals surface area (Å²) in [4.78, 5) is 13.7. The number of aliphatic hydroxyl groups excluding tert-OH is 1. The fourth-order valence-corrected chi connectivity index (χ4v) is 1.85. The van der Waals surface area contributed by atoms with Gasteiger partial charge in [-0.2, -0.15) is 0 Å². The summed E-state index contributed by atoms with van der Waals surface area (Å²) < 4.78 is 5.91. The van der Waals surface area contributed by atoms with Gasteiger partial charge in [-0.25, -0.2) is 0 Å². The first-order chi connectivity index (χ1) is 8.54. The molecule has 0 saturated heterocycles. The van der Waals surface area contributed by atoms with E-state index in [2.05, 4.69) is 15.9 Å². The van der Waals surface area contributed by atoms with E-state index in [0.717, 1.165) is 0 Å². The fraction of sp³-hybridized carbons (Fsp3) is 0.462. The Morgan fingerprint density at radius 1 is 1.56 bits per heavy atom. The maximum absolute atomic E-state index is 12.0. The van der Waals surface area contributed by atoms with Crippen LogP contribution in [0.15, 0.2) is 27.3 Å². The van der Waals surface area contributed by atoms with Crippen LogP contribution in [-0.4, -0.2) is 35.1 Å². The highest BCUT2D eigenvalue weighted by molar-refractivity contribution is 9.10. The zero-order valence-corrected chi connectivity index (χ0v) is 12.2. The van der Waals surface area contributed by atoms with Crippen LogP contribution in [0.2, 0.25) is 0 Å². The molecule has 0 aliphatic carbocycles. The standard InChI is InChI=1S/C13H18BrNO3/c1-10(2)15(8-3-9-16)13(17)7-5-11-4-6-12(14)18-11/h4-7,10,16H,3,8-9H2,1-2H3/b7-5+. The number of halogens is 1. The summed E-state index contributed by atoms with van der Waals surface area (Å²) >= 11 is 3.20. The zero-order chi connectivity index (χ0) is 13.5. The van der Waals surface area contributed by atoms with Crippen LogP contribution in [0.25, 0.3) is 6.08 Å². The van der Waals surface area contributed by atoms with Crippen molar-refractivity contribution >= 4 is 27.9 Å². The Labute approximate surface area is 115 Å². The molecular formula is C13H18BrNO3. The molecular weight excluding hydrogens is 298 g/mol. The minimum atomic E-state index is -0.0778. The maximum Gasteiger partial charge on any atom is 0.246 e. The number of carbonyl (C=O) groups is 1. The molecule has 0 fully saturated rings. The van der Waals surface area contributed by atoms with Crippen LogP contribution < -0.4 is 0 Å². The molecule has 0 bridgehead atoms. The zero-order valence-electron chi connectivity index (χ0n) is 10.6. The quantitative estimate of drug-likeness (QED) is 0.821. The third-order valence-electron chi connectivity index (χ3n) is 2.45. The van der Waals surface area contributed by atoms with Crippen molar-refractivity contribution in [1.82, 2.24) is 4.90 Å². The first kappa shape index (κ1) is 15.0. The molecule has 1 amide bonds. The topological polar surface area (TPSA) is 53.7 Å². The van der Waals surface area contributed by atoms with Gasteiger partial charge in [0.1, 0.15) is 5.76 Å². The van der Waals surface area contributed by atoms with Crippen LogP contribution in [0, 0.1) is 0 Å². The largest absolute Gasteiger partial charge is 0.450 e. The van der Waals surface area contributed by atoms with Crippen LogP contribution in [0.1, 0.15) is 26.0 Å². The number of rotatable bonds is 6. The van der Waals surface area contributed by atoms with Gasteiger partial charge < -0.3 is 14.4 Å². The number of furan rings is 1. The third-order valence-corrected chi connectivity index (χ3v) is 2.87. The summed E-state index contributed by atoms with van der Waals surface area (Å²) in [5.41, 5.74) is 0. The van der Waals surface area contributed by atoms with Crippen molar-refractivity contribution in [1.29, 1.82) is 0 Å². The number of hydrogen-bond donors (Lipinski definition) is 1. The summed E-state index contributed by atoms with van der Waals surface area (Å²) in [5.74, 6) is 0.548. The normalized spacial score (nSPS) is 11.4. The van der Waals surface area contributed by atoms with Gasteiger partial charge in [-0.1, -0.05) is 0 Å². The predicted molar refractivity (Wildman–Crippen MR) is 74.0 cm³/mol. The van der Waals surface area contributed by atoms with Gasteiger partial charge in [-0.3, -0.25) is 4.79 Å². The van der Waals surface area contributed by atoms with Crippen LogP contribution in [0.5, 0.6) is 0 Å². The molecule has 0 aromatic carbocycles. The number of amides is 1. The molecule has 1 aromatic rings. The molecule has 0 aliphatic rings. The van der Waals surface area contributed by atoms with E-state index in [1.165, 1.54) is 6.08 Å². The highest BCUT2D eigenvalue weighted by Crippen LogP contribution is 2.15. The number of nitrogens with zero attached hydrogens (tertiary/aromatic N) is 1. The van der Waals surface area contributed by atoms with Crippen LogP contribution in [0.4, 0.5) is 0 Å². The molecule has 1 aromatic heterocycles. The summed E-state index contributed by atoms with van der Waals surface area (Å²) in [6, 6.07) is 3.66. The molecule has 0 unspecified atom stereocenters. The Morgan fingerprint density at radius 3 is 2.78 bits per heavy atom. The van der Waals surface area contributed by atoms with Gasteiger partial charge in [-0.05, 0) is 54.4 Å². The van der Waals surface area contributed by atoms with Gasteiger partial charge >= 0.3 is 0 Å². The maximum atomic E-state index is 12.0. The lowest BCUT2D eigenvalue weighted by molar-refractivity contribution is -0.127. The smallest absolute Gasteiger partial charge is 0.246 e. The summed E-state index contributed by atoms with van der Waals surface area (Å²) in [6.45, 7) is 4.55. The Morgan fingerprint density at radius 2 is 2.28 bits per heavy atom. The SMILES string of the molecule is CC(C)N(CCCO)C(=O)/C=C/c1ccc(Br)o1. The molecule has 4 nitrogen and oxygen atoms in total. The van der Waals surface area contributed by atoms with Crippen LogP contribution >= 0.6 is 15.9 Å². The molecule has 1 N–H and O–H groups in total. The first-order valence-electron chi connectivity index (χ1n) is 5.89. The first-order valence-corrected chi connectivity index (χ1v) is 6.68. The molecule has 0 spiro atoms. The van der Waals surface area contributed by atoms with Gasteiger partial charge in [0.2, 0.25) is 5.91 Å². The van der Waals surface area contributed by atoms with E-state index in [0.29, 0.717) is 23.4 Å². The summed E-state index contributed by atoms with van der Waals surface area (Å²) in [7, 11) is 0. The van der Waals surface area contributed by atoms with Crippen molar-refractivity contribution in [2.45, 2.75) is 26.3 Å². The predicted octanol–water partition coefficient (Wildman–Crippen LogP) is 2.67. The molecule has 1 rings (SSSR count). The highest BCUT2D eigenvalue weighted by Gasteiger charge is 2.13. The van der Waals surface area contributed by atoms with E-state index < -0.39 is 0 Å². The fourth-order valence-electron chi connectivity index (χ4n) is 1.53. The van der Waals surface area contributed by atoms with Gasteiger partial charge in [-0.15, -0.1) is 0 Å². The molecule has 0 radical (unpaired) electrons. The monoisotopic (exact) mass is 315 g/mol. The number of hydrogen-bond acceptors (Lipinski definition) is 3. The van der Waals surface area contributed by atoms with Crippen molar-refractivity contribution in [3.8, 4) is 0 Å². The average molecular weight is 316 g/mol. The average Bonchev–Trinajstić information content (AvgIpc) is 2.72. The molecule has 5 heteroatoms. The molecule has 1 heterocycles. The molecule has 0 saturated carbocycles. The van der Waals surface area contributed by atoms with Crippen molar-refractivity contribution in [2.75, 3.05) is 13.2 Å². The van der Waals surface area contributed by atoms with E-state index in [1.807, 2.05) is 13.8 Å².